The molecule has 3 fully saturated rings. The van der Waals surface area contributed by atoms with Crippen LogP contribution in [0.25, 0.3) is 0 Å². The van der Waals surface area contributed by atoms with Gasteiger partial charge < -0.3 is 35.6 Å². The van der Waals surface area contributed by atoms with Crippen molar-refractivity contribution in [2.75, 3.05) is 13.7 Å². The Kier molecular flexibility index (Phi) is 7.22. The van der Waals surface area contributed by atoms with E-state index in [0.29, 0.717) is 29.7 Å². The zero-order chi connectivity index (χ0) is 28.4. The van der Waals surface area contributed by atoms with E-state index < -0.39 is 71.9 Å². The number of rotatable bonds is 5. The fraction of sp³-hybridized carbons (Fsp3) is 0.621. The summed E-state index contributed by atoms with van der Waals surface area (Å²) in [5.41, 5.74) is 5.69. The summed E-state index contributed by atoms with van der Waals surface area (Å²) in [5.74, 6) is -5.43. The van der Waals surface area contributed by atoms with Gasteiger partial charge in [0.2, 0.25) is 0 Å². The number of carbonyl (C=O) groups excluding carboxylic acids is 3. The summed E-state index contributed by atoms with van der Waals surface area (Å²) >= 11 is 0. The minimum atomic E-state index is -1.97. The van der Waals surface area contributed by atoms with E-state index in [9.17, 15) is 34.8 Å². The van der Waals surface area contributed by atoms with Crippen LogP contribution in [0, 0.1) is 29.6 Å². The van der Waals surface area contributed by atoms with Crippen LogP contribution in [0.2, 0.25) is 0 Å². The SMILES string of the molecule is COC1=CC=CC2C(=O)C3C(O)=C4CC(O)(C(=O)CO)CC(CC5CC(N)C(O)C(C)O5)C4=C(C)C3C(=O)C12. The Bertz CT molecular complexity index is 1200. The highest BCUT2D eigenvalue weighted by atomic mass is 16.5. The minimum Gasteiger partial charge on any atom is -0.511 e. The van der Waals surface area contributed by atoms with Gasteiger partial charge in [-0.25, -0.2) is 0 Å². The fourth-order valence-electron chi connectivity index (χ4n) is 7.54. The predicted octanol–water partition coefficient (Wildman–Crippen LogP) is 0.804. The van der Waals surface area contributed by atoms with Crippen LogP contribution < -0.4 is 5.73 Å². The number of allylic oxidation sites excluding steroid dienone is 7. The lowest BCUT2D eigenvalue weighted by Crippen LogP contribution is -2.54. The van der Waals surface area contributed by atoms with E-state index in [4.69, 9.17) is 15.2 Å². The molecule has 0 bridgehead atoms. The number of ketones is 3. The van der Waals surface area contributed by atoms with Crippen molar-refractivity contribution in [3.8, 4) is 0 Å². The van der Waals surface area contributed by atoms with E-state index in [1.807, 2.05) is 0 Å². The Balaban J connectivity index is 1.59. The summed E-state index contributed by atoms with van der Waals surface area (Å²) in [7, 11) is 1.45. The maximum atomic E-state index is 14.0. The lowest BCUT2D eigenvalue weighted by atomic mass is 9.56. The fourth-order valence-corrected chi connectivity index (χ4v) is 7.54. The van der Waals surface area contributed by atoms with Crippen LogP contribution in [0.5, 0.6) is 0 Å². The number of hydrogen-bond acceptors (Lipinski definition) is 10. The number of aliphatic hydroxyl groups excluding tert-OH is 3. The molecule has 10 nitrogen and oxygen atoms in total. The molecule has 4 aliphatic carbocycles. The first-order valence-corrected chi connectivity index (χ1v) is 13.5. The summed E-state index contributed by atoms with van der Waals surface area (Å²) in [6, 6.07) is -0.525. The number of fused-ring (bicyclic) bond motifs is 3. The van der Waals surface area contributed by atoms with Crippen molar-refractivity contribution >= 4 is 17.3 Å². The van der Waals surface area contributed by atoms with Crippen LogP contribution in [0.4, 0.5) is 0 Å². The quantitative estimate of drug-likeness (QED) is 0.333. The van der Waals surface area contributed by atoms with Crippen molar-refractivity contribution in [3.63, 3.8) is 0 Å². The monoisotopic (exact) mass is 543 g/mol. The zero-order valence-corrected chi connectivity index (χ0v) is 22.4. The average molecular weight is 544 g/mol. The van der Waals surface area contributed by atoms with Crippen molar-refractivity contribution < 1.29 is 44.3 Å². The van der Waals surface area contributed by atoms with Gasteiger partial charge in [-0.2, -0.15) is 0 Å². The van der Waals surface area contributed by atoms with Crippen molar-refractivity contribution in [1.82, 2.24) is 0 Å². The number of carbonyl (C=O) groups is 3. The van der Waals surface area contributed by atoms with Gasteiger partial charge in [0.05, 0.1) is 49.1 Å². The normalized spacial score (nSPS) is 42.0. The molecule has 212 valence electrons. The molecule has 1 aliphatic heterocycles. The Morgan fingerprint density at radius 1 is 1.23 bits per heavy atom. The van der Waals surface area contributed by atoms with E-state index in [1.165, 1.54) is 7.11 Å². The largest absolute Gasteiger partial charge is 0.511 e. The standard InChI is InChI=1S/C29H37NO9/c1-12-21-14(7-15-8-18(30)25(33)13(2)39-15)9-29(37,20(32)11-31)10-17(21)27(35)24-22(12)28(36)23-16(26(24)34)5-4-6-19(23)38-3/h4-6,13-16,18,22-25,31,33,35,37H,7-11,30H2,1-3H3. The zero-order valence-electron chi connectivity index (χ0n) is 22.4. The van der Waals surface area contributed by atoms with Gasteiger partial charge in [-0.05, 0) is 56.3 Å². The molecule has 39 heavy (non-hydrogen) atoms. The Morgan fingerprint density at radius 3 is 2.59 bits per heavy atom. The molecule has 1 heterocycles. The second-order valence-electron chi connectivity index (χ2n) is 11.7. The summed E-state index contributed by atoms with van der Waals surface area (Å²) in [5, 5.41) is 42.9. The molecule has 0 aromatic carbocycles. The number of ether oxygens (including phenoxy) is 2. The van der Waals surface area contributed by atoms with E-state index in [0.717, 1.165) is 0 Å². The van der Waals surface area contributed by atoms with Crippen LogP contribution in [0.15, 0.2) is 46.5 Å². The second-order valence-corrected chi connectivity index (χ2v) is 11.7. The molecule has 1 saturated heterocycles. The first-order valence-electron chi connectivity index (χ1n) is 13.5. The molecule has 0 radical (unpaired) electrons. The molecule has 6 N–H and O–H groups in total. The highest BCUT2D eigenvalue weighted by molar-refractivity contribution is 6.05. The molecule has 5 rings (SSSR count). The summed E-state index contributed by atoms with van der Waals surface area (Å²) in [6.45, 7) is 2.61. The van der Waals surface area contributed by atoms with Crippen LogP contribution in [0.3, 0.4) is 0 Å². The molecule has 0 amide bonds. The van der Waals surface area contributed by atoms with Crippen LogP contribution >= 0.6 is 0 Å². The first kappa shape index (κ1) is 27.9. The molecular formula is C29H37NO9. The molecule has 0 aromatic rings. The van der Waals surface area contributed by atoms with E-state index in [1.54, 1.807) is 32.1 Å². The number of nitrogens with two attached hydrogens (primary N) is 1. The summed E-state index contributed by atoms with van der Waals surface area (Å²) < 4.78 is 11.5. The summed E-state index contributed by atoms with van der Waals surface area (Å²) in [4.78, 5) is 40.5. The van der Waals surface area contributed by atoms with Gasteiger partial charge in [0.1, 0.15) is 23.7 Å². The number of methoxy groups -OCH3 is 1. The number of Topliss-reactive ketones (excluding diaryl/α,β-unsaturated/α-hetero) is 3. The van der Waals surface area contributed by atoms with E-state index in [-0.39, 0.29) is 35.7 Å². The van der Waals surface area contributed by atoms with Crippen molar-refractivity contribution in [1.29, 1.82) is 0 Å². The van der Waals surface area contributed by atoms with Crippen LogP contribution in [-0.2, 0) is 23.9 Å². The molecule has 5 aliphatic rings. The van der Waals surface area contributed by atoms with Crippen LogP contribution in [-0.4, -0.2) is 81.4 Å². The molecule has 10 heteroatoms. The third-order valence-corrected chi connectivity index (χ3v) is 9.42. The molecule has 0 aromatic heterocycles. The molecule has 0 spiro atoms. The Morgan fingerprint density at radius 2 is 1.95 bits per heavy atom. The van der Waals surface area contributed by atoms with Gasteiger partial charge in [0, 0.05) is 12.5 Å². The van der Waals surface area contributed by atoms with Gasteiger partial charge in [-0.1, -0.05) is 17.7 Å². The van der Waals surface area contributed by atoms with E-state index in [2.05, 4.69) is 0 Å². The van der Waals surface area contributed by atoms with Gasteiger partial charge >= 0.3 is 0 Å². The van der Waals surface area contributed by atoms with Crippen molar-refractivity contribution in [2.24, 2.45) is 35.3 Å². The molecule has 10 unspecified atom stereocenters. The second kappa shape index (κ2) is 10.1. The van der Waals surface area contributed by atoms with Gasteiger partial charge in [-0.3, -0.25) is 14.4 Å². The van der Waals surface area contributed by atoms with E-state index >= 15 is 0 Å². The Hall–Kier alpha value is -2.63. The smallest absolute Gasteiger partial charge is 0.189 e. The highest BCUT2D eigenvalue weighted by Gasteiger charge is 2.58. The predicted molar refractivity (Wildman–Crippen MR) is 138 cm³/mol. The Labute approximate surface area is 226 Å². The lowest BCUT2D eigenvalue weighted by Gasteiger charge is -2.48. The van der Waals surface area contributed by atoms with Crippen molar-refractivity contribution in [3.05, 3.63) is 46.5 Å². The molecule has 10 atom stereocenters. The van der Waals surface area contributed by atoms with Gasteiger partial charge in [0.25, 0.3) is 0 Å². The maximum Gasteiger partial charge on any atom is 0.189 e. The lowest BCUT2D eigenvalue weighted by molar-refractivity contribution is -0.146. The topological polar surface area (TPSA) is 177 Å². The average Bonchev–Trinajstić information content (AvgIpc) is 2.90. The third-order valence-electron chi connectivity index (χ3n) is 9.42. The molecular weight excluding hydrogens is 506 g/mol. The third kappa shape index (κ3) is 4.33. The first-order chi connectivity index (χ1) is 18.4. The maximum absolute atomic E-state index is 14.0. The van der Waals surface area contributed by atoms with Gasteiger partial charge in [0.15, 0.2) is 17.3 Å². The van der Waals surface area contributed by atoms with Crippen molar-refractivity contribution in [2.45, 2.75) is 69.5 Å². The van der Waals surface area contributed by atoms with Crippen LogP contribution in [0.1, 0.15) is 39.5 Å². The number of aliphatic hydroxyl groups is 4. The number of hydrogen-bond donors (Lipinski definition) is 5. The molecule has 2 saturated carbocycles. The van der Waals surface area contributed by atoms with Gasteiger partial charge in [-0.15, -0.1) is 0 Å². The minimum absolute atomic E-state index is 0.0561. The summed E-state index contributed by atoms with van der Waals surface area (Å²) in [6.07, 6.45) is 3.50. The highest BCUT2D eigenvalue weighted by Crippen LogP contribution is 2.55.